The molecule has 17 nitrogen and oxygen atoms in total. The van der Waals surface area contributed by atoms with Gasteiger partial charge in [0.15, 0.2) is 12.2 Å². The Morgan fingerprint density at radius 1 is 0.281 bits per heavy atom. The van der Waals surface area contributed by atoms with E-state index in [1.165, 1.54) is 218 Å². The third-order valence-electron chi connectivity index (χ3n) is 18.0. The van der Waals surface area contributed by atoms with Crippen molar-refractivity contribution in [3.8, 4) is 0 Å². The largest absolute Gasteiger partial charge is 0.472 e. The van der Waals surface area contributed by atoms with Crippen molar-refractivity contribution in [3.63, 3.8) is 0 Å². The maximum atomic E-state index is 13.1. The van der Waals surface area contributed by atoms with Crippen LogP contribution in [-0.2, 0) is 65.4 Å². The summed E-state index contributed by atoms with van der Waals surface area (Å²) in [5.41, 5.74) is 0. The van der Waals surface area contributed by atoms with Gasteiger partial charge >= 0.3 is 39.5 Å². The lowest BCUT2D eigenvalue weighted by atomic mass is 10.0. The number of ether oxygens (including phenoxy) is 4. The van der Waals surface area contributed by atoms with E-state index in [4.69, 9.17) is 37.0 Å². The molecule has 19 heteroatoms. The molecule has 0 bridgehead atoms. The van der Waals surface area contributed by atoms with Gasteiger partial charge in [0.05, 0.1) is 26.4 Å². The van der Waals surface area contributed by atoms with E-state index in [-0.39, 0.29) is 25.7 Å². The molecule has 0 aromatic carbocycles. The van der Waals surface area contributed by atoms with E-state index in [0.717, 1.165) is 103 Å². The first-order chi connectivity index (χ1) is 46.5. The fourth-order valence-electron chi connectivity index (χ4n) is 11.9. The van der Waals surface area contributed by atoms with Gasteiger partial charge in [0.25, 0.3) is 0 Å². The lowest BCUT2D eigenvalue weighted by molar-refractivity contribution is -0.161. The molecule has 2 unspecified atom stereocenters. The fraction of sp³-hybridized carbons (Fsp3) is 0.948. The van der Waals surface area contributed by atoms with Crippen LogP contribution in [0.2, 0.25) is 0 Å². The summed E-state index contributed by atoms with van der Waals surface area (Å²) in [5.74, 6) is -1.45. The van der Waals surface area contributed by atoms with Crippen LogP contribution < -0.4 is 0 Å². The smallest absolute Gasteiger partial charge is 0.462 e. The SMILES string of the molecule is CCCCCCCCCCCCCCCCCCCCCCCC(=O)O[C@H](COC(=O)CCCCCCCCCCCCCCCCCCCCC)COP(=O)(O)OC[C@@H](O)COP(=O)(O)OC[C@@H](COC(=O)CCCCCCCCC)OC(=O)CCCCCCCCC(C)C. The minimum atomic E-state index is -4.96. The minimum absolute atomic E-state index is 0.102. The first-order valence-electron chi connectivity index (χ1n) is 40.1. The van der Waals surface area contributed by atoms with E-state index in [0.29, 0.717) is 31.6 Å². The van der Waals surface area contributed by atoms with E-state index in [1.807, 2.05) is 0 Å². The fourth-order valence-corrected chi connectivity index (χ4v) is 13.5. The van der Waals surface area contributed by atoms with Gasteiger partial charge < -0.3 is 33.8 Å². The molecule has 3 N–H and O–H groups in total. The number of esters is 4. The second kappa shape index (κ2) is 70.1. The Morgan fingerprint density at radius 3 is 0.708 bits per heavy atom. The number of carbonyl (C=O) groups excluding carboxylic acids is 4. The molecule has 0 amide bonds. The topological polar surface area (TPSA) is 237 Å². The summed E-state index contributed by atoms with van der Waals surface area (Å²) in [6.45, 7) is 7.15. The minimum Gasteiger partial charge on any atom is -0.462 e. The monoisotopic (exact) mass is 1410 g/mol. The van der Waals surface area contributed by atoms with E-state index >= 15 is 0 Å². The zero-order valence-electron chi connectivity index (χ0n) is 62.5. The predicted molar refractivity (Wildman–Crippen MR) is 391 cm³/mol. The zero-order chi connectivity index (χ0) is 70.5. The molecule has 0 rings (SSSR count). The second-order valence-corrected chi connectivity index (χ2v) is 31.1. The molecule has 0 aromatic rings. The number of phosphoric acid groups is 2. The number of aliphatic hydroxyl groups is 1. The number of aliphatic hydroxyl groups excluding tert-OH is 1. The van der Waals surface area contributed by atoms with Crippen molar-refractivity contribution in [2.45, 2.75) is 425 Å². The van der Waals surface area contributed by atoms with Crippen LogP contribution in [0.4, 0.5) is 0 Å². The highest BCUT2D eigenvalue weighted by Crippen LogP contribution is 2.45. The van der Waals surface area contributed by atoms with Gasteiger partial charge in [-0.25, -0.2) is 9.13 Å². The van der Waals surface area contributed by atoms with Crippen molar-refractivity contribution in [2.75, 3.05) is 39.6 Å². The van der Waals surface area contributed by atoms with Crippen LogP contribution >= 0.6 is 15.6 Å². The summed E-state index contributed by atoms with van der Waals surface area (Å²) in [6.07, 6.45) is 60.3. The molecule has 0 aliphatic carbocycles. The van der Waals surface area contributed by atoms with Gasteiger partial charge in [-0.05, 0) is 31.6 Å². The number of hydrogen-bond acceptors (Lipinski definition) is 15. The molecule has 0 aliphatic rings. The molecule has 0 aliphatic heterocycles. The Hall–Kier alpha value is -1.94. The maximum Gasteiger partial charge on any atom is 0.472 e. The van der Waals surface area contributed by atoms with Crippen LogP contribution in [0, 0.1) is 5.92 Å². The molecule has 0 heterocycles. The van der Waals surface area contributed by atoms with Crippen LogP contribution in [-0.4, -0.2) is 96.7 Å². The van der Waals surface area contributed by atoms with Crippen LogP contribution in [0.1, 0.15) is 407 Å². The average molecular weight is 1410 g/mol. The summed E-state index contributed by atoms with van der Waals surface area (Å²) in [4.78, 5) is 72.6. The average Bonchev–Trinajstić information content (AvgIpc) is 1.17. The molecular formula is C77H150O17P2. The Balaban J connectivity index is 5.13. The van der Waals surface area contributed by atoms with E-state index in [1.54, 1.807) is 0 Å². The van der Waals surface area contributed by atoms with Gasteiger partial charge in [0.1, 0.15) is 19.3 Å². The lowest BCUT2D eigenvalue weighted by Gasteiger charge is -2.21. The predicted octanol–water partition coefficient (Wildman–Crippen LogP) is 22.9. The van der Waals surface area contributed by atoms with E-state index in [2.05, 4.69) is 34.6 Å². The molecule has 0 aromatic heterocycles. The zero-order valence-corrected chi connectivity index (χ0v) is 64.3. The third kappa shape index (κ3) is 70.5. The summed E-state index contributed by atoms with van der Waals surface area (Å²) in [6, 6.07) is 0. The first-order valence-corrected chi connectivity index (χ1v) is 43.1. The van der Waals surface area contributed by atoms with E-state index < -0.39 is 97.5 Å². The number of hydrogen-bond donors (Lipinski definition) is 3. The highest BCUT2D eigenvalue weighted by molar-refractivity contribution is 7.47. The number of phosphoric ester groups is 2. The Morgan fingerprint density at radius 2 is 0.479 bits per heavy atom. The molecule has 0 saturated heterocycles. The molecule has 570 valence electrons. The van der Waals surface area contributed by atoms with Crippen molar-refractivity contribution >= 4 is 39.5 Å². The molecule has 5 atom stereocenters. The maximum absolute atomic E-state index is 13.1. The Bertz CT molecular complexity index is 1840. The molecular weight excluding hydrogens is 1260 g/mol. The number of unbranched alkanes of at least 4 members (excludes halogenated alkanes) is 49. The van der Waals surface area contributed by atoms with Gasteiger partial charge in [-0.1, -0.05) is 356 Å². The normalized spacial score (nSPS) is 13.9. The van der Waals surface area contributed by atoms with Crippen molar-refractivity contribution in [1.82, 2.24) is 0 Å². The van der Waals surface area contributed by atoms with Gasteiger partial charge in [-0.15, -0.1) is 0 Å². The van der Waals surface area contributed by atoms with Crippen molar-refractivity contribution in [2.24, 2.45) is 5.92 Å². The summed E-state index contributed by atoms with van der Waals surface area (Å²) in [5, 5.41) is 10.6. The number of rotatable bonds is 77. The van der Waals surface area contributed by atoms with Crippen molar-refractivity contribution < 1.29 is 80.2 Å². The molecule has 0 fully saturated rings. The van der Waals surface area contributed by atoms with Crippen LogP contribution in [0.5, 0.6) is 0 Å². The summed E-state index contributed by atoms with van der Waals surface area (Å²) in [7, 11) is -9.90. The lowest BCUT2D eigenvalue weighted by Crippen LogP contribution is -2.30. The van der Waals surface area contributed by atoms with Crippen molar-refractivity contribution in [3.05, 3.63) is 0 Å². The molecule has 0 saturated carbocycles. The van der Waals surface area contributed by atoms with Crippen molar-refractivity contribution in [1.29, 1.82) is 0 Å². The Kier molecular flexibility index (Phi) is 68.7. The quantitative estimate of drug-likeness (QED) is 0.0222. The number of carbonyl (C=O) groups is 4. The summed E-state index contributed by atoms with van der Waals surface area (Å²) < 4.78 is 68.3. The van der Waals surface area contributed by atoms with Gasteiger partial charge in [-0.3, -0.25) is 37.3 Å². The van der Waals surface area contributed by atoms with Crippen LogP contribution in [0.25, 0.3) is 0 Å². The summed E-state index contributed by atoms with van der Waals surface area (Å²) >= 11 is 0. The van der Waals surface area contributed by atoms with Gasteiger partial charge in [0.2, 0.25) is 0 Å². The Labute approximate surface area is 588 Å². The molecule has 96 heavy (non-hydrogen) atoms. The van der Waals surface area contributed by atoms with Gasteiger partial charge in [0, 0.05) is 25.7 Å². The third-order valence-corrected chi connectivity index (χ3v) is 19.9. The molecule has 0 radical (unpaired) electrons. The van der Waals surface area contributed by atoms with Crippen LogP contribution in [0.3, 0.4) is 0 Å². The first kappa shape index (κ1) is 94.1. The van der Waals surface area contributed by atoms with Gasteiger partial charge in [-0.2, -0.15) is 0 Å². The second-order valence-electron chi connectivity index (χ2n) is 28.2. The standard InChI is InChI=1S/C77H150O17P2/c1-6-9-12-15-18-20-22-24-26-28-30-31-33-35-37-39-41-43-46-52-57-62-76(81)93-72(67-88-75(80)61-56-51-45-42-40-38-36-34-32-29-27-25-23-21-19-16-13-10-7-2)68-91-95(83,84)89-64-71(78)65-90-96(85,86)92-69-73(66-87-74(79)60-55-50-44-17-14-11-8-3)94-77(82)63-58-53-48-47-49-54-59-70(4)5/h70-73,78H,6-69H2,1-5H3,(H,83,84)(H,85,86)/t71-,72-,73-/m1/s1. The highest BCUT2D eigenvalue weighted by atomic mass is 31.2. The highest BCUT2D eigenvalue weighted by Gasteiger charge is 2.30. The molecule has 0 spiro atoms. The van der Waals surface area contributed by atoms with E-state index in [9.17, 15) is 43.2 Å². The van der Waals surface area contributed by atoms with Crippen LogP contribution in [0.15, 0.2) is 0 Å².